The van der Waals surface area contributed by atoms with Gasteiger partial charge in [0.05, 0.1) is 0 Å². The van der Waals surface area contributed by atoms with Crippen LogP contribution < -0.4 is 0 Å². The third-order valence-electron chi connectivity index (χ3n) is 2.52. The summed E-state index contributed by atoms with van der Waals surface area (Å²) in [6, 6.07) is 13.0. The molecule has 1 radical (unpaired) electrons. The summed E-state index contributed by atoms with van der Waals surface area (Å²) >= 11 is 0. The van der Waals surface area contributed by atoms with Crippen molar-refractivity contribution in [2.75, 3.05) is 0 Å². The lowest BCUT2D eigenvalue weighted by Crippen LogP contribution is -1.82. The zero-order chi connectivity index (χ0) is 8.67. The summed E-state index contributed by atoms with van der Waals surface area (Å²) in [4.78, 5) is 0. The Kier molecular flexibility index (Phi) is 1.46. The highest BCUT2D eigenvalue weighted by Crippen LogP contribution is 2.35. The van der Waals surface area contributed by atoms with Crippen LogP contribution in [-0.2, 0) is 0 Å². The van der Waals surface area contributed by atoms with E-state index < -0.39 is 0 Å². The van der Waals surface area contributed by atoms with Crippen LogP contribution in [0.3, 0.4) is 0 Å². The molecular weight excluding hydrogens is 172 g/mol. The van der Waals surface area contributed by atoms with E-state index >= 15 is 0 Å². The van der Waals surface area contributed by atoms with Gasteiger partial charge in [-0.2, -0.15) is 0 Å². The van der Waals surface area contributed by atoms with Crippen molar-refractivity contribution in [3.63, 3.8) is 0 Å². The zero-order valence-corrected chi connectivity index (χ0v) is 8.35. The molecule has 61 valence electrons. The lowest BCUT2D eigenvalue weighted by molar-refractivity contribution is 1.59. The molecule has 0 fully saturated rings. The van der Waals surface area contributed by atoms with Crippen LogP contribution in [0.15, 0.2) is 42.1 Å². The highest BCUT2D eigenvalue weighted by atomic mass is 28.2. The van der Waals surface area contributed by atoms with E-state index in [1.165, 1.54) is 16.7 Å². The molecule has 1 heteroatoms. The number of rotatable bonds is 0. The highest BCUT2D eigenvalue weighted by molar-refractivity contribution is 6.34. The first-order chi connectivity index (χ1) is 6.45. The Bertz CT molecular complexity index is 417. The Hall–Kier alpha value is -1.21. The first-order valence-corrected chi connectivity index (χ1v) is 5.73. The topological polar surface area (TPSA) is 0 Å². The van der Waals surface area contributed by atoms with E-state index in [-0.39, 0.29) is 0 Å². The van der Waals surface area contributed by atoms with Crippen LogP contribution in [0.5, 0.6) is 0 Å². The van der Waals surface area contributed by atoms with Crippen LogP contribution in [0.2, 0.25) is 0 Å². The van der Waals surface area contributed by atoms with E-state index in [2.05, 4.69) is 48.5 Å². The summed E-state index contributed by atoms with van der Waals surface area (Å²) < 4.78 is 0. The van der Waals surface area contributed by atoms with Crippen LogP contribution in [0, 0.1) is 6.42 Å². The molecule has 0 amide bonds. The minimum Gasteiger partial charge on any atom is -0.0802 e. The van der Waals surface area contributed by atoms with Gasteiger partial charge in [-0.1, -0.05) is 47.2 Å². The van der Waals surface area contributed by atoms with Gasteiger partial charge in [0.15, 0.2) is 0 Å². The maximum atomic E-state index is 2.33. The summed E-state index contributed by atoms with van der Waals surface area (Å²) in [5.41, 5.74) is 6.55. The van der Waals surface area contributed by atoms with E-state index in [4.69, 9.17) is 0 Å². The number of hydrogen-bond donors (Lipinski definition) is 0. The quantitative estimate of drug-likeness (QED) is 0.467. The molecule has 0 spiro atoms. The lowest BCUT2D eigenvalue weighted by Gasteiger charge is -1.98. The van der Waals surface area contributed by atoms with Gasteiger partial charge in [0.2, 0.25) is 0 Å². The molecule has 0 saturated heterocycles. The average molecular weight is 181 g/mol. The number of fused-ring (bicyclic) bond motifs is 3. The fraction of sp³-hybridized carbons (Fsp3) is 0. The van der Waals surface area contributed by atoms with E-state index in [0.717, 1.165) is 0 Å². The second-order valence-electron chi connectivity index (χ2n) is 3.32. The minimum atomic E-state index is 0.365. The molecule has 0 aliphatic heterocycles. The molecule has 13 heavy (non-hydrogen) atoms. The smallest absolute Gasteiger partial charge is 0.0256 e. The van der Waals surface area contributed by atoms with Gasteiger partial charge in [0, 0.05) is 15.5 Å². The first kappa shape index (κ1) is 7.22. The normalized spacial score (nSPS) is 12.3. The summed E-state index contributed by atoms with van der Waals surface area (Å²) in [5, 5.41) is 1.55. The molecule has 1 aliphatic carbocycles. The van der Waals surface area contributed by atoms with Gasteiger partial charge in [0.25, 0.3) is 0 Å². The maximum Gasteiger partial charge on any atom is 0.0256 e. The summed E-state index contributed by atoms with van der Waals surface area (Å²) in [5.74, 6) is 0. The second-order valence-corrected chi connectivity index (χ2v) is 4.66. The third kappa shape index (κ3) is 1.01. The molecule has 0 atom stereocenters. The van der Waals surface area contributed by atoms with Crippen LogP contribution >= 0.6 is 0 Å². The van der Waals surface area contributed by atoms with Crippen molar-refractivity contribution in [1.29, 1.82) is 0 Å². The predicted octanol–water partition coefficient (Wildman–Crippen LogP) is 2.34. The van der Waals surface area contributed by atoms with Gasteiger partial charge < -0.3 is 0 Å². The fourth-order valence-corrected chi connectivity index (χ4v) is 3.04. The predicted molar refractivity (Wildman–Crippen MR) is 57.1 cm³/mol. The van der Waals surface area contributed by atoms with Crippen LogP contribution in [0.1, 0.15) is 10.7 Å². The van der Waals surface area contributed by atoms with Crippen LogP contribution in [0.4, 0.5) is 0 Å². The Morgan fingerprint density at radius 3 is 2.69 bits per heavy atom. The SMILES string of the molecule is [CH]1c2ccccc2-c2ccc[siH]c21. The minimum absolute atomic E-state index is 0.365. The molecule has 1 aromatic carbocycles. The number of benzene rings is 1. The maximum absolute atomic E-state index is 2.33. The van der Waals surface area contributed by atoms with Crippen LogP contribution in [0.25, 0.3) is 11.1 Å². The second kappa shape index (κ2) is 2.64. The fourth-order valence-electron chi connectivity index (χ4n) is 1.90. The van der Waals surface area contributed by atoms with Gasteiger partial charge in [-0.05, 0) is 16.7 Å². The molecule has 0 N–H and O–H groups in total. The van der Waals surface area contributed by atoms with Crippen molar-refractivity contribution in [1.82, 2.24) is 0 Å². The summed E-state index contributed by atoms with van der Waals surface area (Å²) in [6.07, 6.45) is 2.33. The van der Waals surface area contributed by atoms with E-state index in [1.807, 2.05) is 0 Å². The standard InChI is InChI=1S/C12H9Si/c1-2-5-10-9(4-1)8-12-11(10)6-3-7-13-12/h1-8,13H. The molecule has 0 saturated carbocycles. The van der Waals surface area contributed by atoms with Crippen molar-refractivity contribution >= 4 is 9.12 Å². The Morgan fingerprint density at radius 2 is 1.69 bits per heavy atom. The Balaban J connectivity index is 2.32. The monoisotopic (exact) mass is 181 g/mol. The highest BCUT2D eigenvalue weighted by Gasteiger charge is 2.16. The first-order valence-electron chi connectivity index (χ1n) is 4.48. The van der Waals surface area contributed by atoms with Gasteiger partial charge in [-0.3, -0.25) is 0 Å². The van der Waals surface area contributed by atoms with Crippen molar-refractivity contribution in [2.24, 2.45) is 0 Å². The largest absolute Gasteiger partial charge is 0.0802 e. The average Bonchev–Trinajstić information content (AvgIpc) is 2.56. The van der Waals surface area contributed by atoms with Crippen molar-refractivity contribution in [3.05, 3.63) is 59.2 Å². The number of hydrogen-bond acceptors (Lipinski definition) is 0. The van der Waals surface area contributed by atoms with Gasteiger partial charge >= 0.3 is 0 Å². The lowest BCUT2D eigenvalue weighted by atomic mass is 10.1. The molecule has 0 unspecified atom stereocenters. The van der Waals surface area contributed by atoms with Crippen molar-refractivity contribution in [3.8, 4) is 11.1 Å². The van der Waals surface area contributed by atoms with Crippen molar-refractivity contribution in [2.45, 2.75) is 0 Å². The zero-order valence-electron chi connectivity index (χ0n) is 7.20. The van der Waals surface area contributed by atoms with Gasteiger partial charge in [-0.15, -0.1) is 0 Å². The van der Waals surface area contributed by atoms with E-state index in [9.17, 15) is 0 Å². The van der Waals surface area contributed by atoms with Gasteiger partial charge in [0.1, 0.15) is 0 Å². The molecule has 1 aromatic heterocycles. The van der Waals surface area contributed by atoms with Crippen LogP contribution in [-0.4, -0.2) is 9.12 Å². The van der Waals surface area contributed by atoms with E-state index in [1.54, 1.807) is 5.17 Å². The molecule has 0 nitrogen and oxygen atoms in total. The van der Waals surface area contributed by atoms with Gasteiger partial charge in [-0.25, -0.2) is 0 Å². The third-order valence-corrected chi connectivity index (χ3v) is 3.77. The van der Waals surface area contributed by atoms with Crippen molar-refractivity contribution < 1.29 is 0 Å². The molecular formula is C12H9Si. The molecule has 1 aliphatic rings. The Morgan fingerprint density at radius 1 is 0.846 bits per heavy atom. The van der Waals surface area contributed by atoms with E-state index in [0.29, 0.717) is 9.12 Å². The Labute approximate surface area is 80.0 Å². The molecule has 1 heterocycles. The summed E-state index contributed by atoms with van der Waals surface area (Å²) in [6.45, 7) is 0. The summed E-state index contributed by atoms with van der Waals surface area (Å²) in [7, 11) is 0.365. The molecule has 3 rings (SSSR count). The molecule has 2 aromatic rings. The molecule has 0 bridgehead atoms.